The fourth-order valence-corrected chi connectivity index (χ4v) is 8.70. The Labute approximate surface area is 305 Å². The lowest BCUT2D eigenvalue weighted by Crippen LogP contribution is -2.17. The monoisotopic (exact) mass is 680 g/mol. The molecule has 3 heterocycles. The zero-order valence-corrected chi connectivity index (χ0v) is 29.2. The number of furan rings is 1. The highest BCUT2D eigenvalue weighted by Gasteiger charge is 2.41. The van der Waals surface area contributed by atoms with Gasteiger partial charge in [-0.1, -0.05) is 129 Å². The minimum atomic E-state index is -0.297. The Kier molecular flexibility index (Phi) is 6.23. The molecule has 5 nitrogen and oxygen atoms in total. The molecule has 0 amide bonds. The largest absolute Gasteiger partial charge is 0.456 e. The SMILES string of the molecule is CC1(C)c2c(ccc3oc4ccccc4c23)-c2ccc3c4ccccc4n(-c4ccc(-c5nc(-c6ccccc6)nc(-c6ccccc6)n5)cc4)c3c21. The van der Waals surface area contributed by atoms with Gasteiger partial charge in [0.2, 0.25) is 0 Å². The summed E-state index contributed by atoms with van der Waals surface area (Å²) in [6.45, 7) is 4.75. The van der Waals surface area contributed by atoms with Crippen molar-refractivity contribution in [2.24, 2.45) is 0 Å². The second-order valence-electron chi connectivity index (χ2n) is 14.4. The average Bonchev–Trinajstić information content (AvgIpc) is 3.83. The van der Waals surface area contributed by atoms with E-state index in [-0.39, 0.29) is 5.41 Å². The number of aromatic nitrogens is 4. The normalized spacial score (nSPS) is 13.2. The van der Waals surface area contributed by atoms with Crippen LogP contribution in [0, 0.1) is 0 Å². The molecule has 7 aromatic carbocycles. The molecule has 250 valence electrons. The highest BCUT2D eigenvalue weighted by Crippen LogP contribution is 2.56. The van der Waals surface area contributed by atoms with E-state index in [4.69, 9.17) is 19.4 Å². The molecular formula is C48H32N4O. The molecule has 5 heteroatoms. The smallest absolute Gasteiger partial charge is 0.164 e. The Morgan fingerprint density at radius 1 is 0.453 bits per heavy atom. The van der Waals surface area contributed by atoms with E-state index in [2.05, 4.69) is 109 Å². The van der Waals surface area contributed by atoms with E-state index in [0.717, 1.165) is 38.9 Å². The standard InChI is InChI=1S/C48H32N4O/c1-48(2)42-34(27-28-40-41(42)37-18-10-12-20-39(37)53-40)35-25-26-36-33-17-9-11-19-38(33)52(44(36)43(35)48)32-23-21-31(22-24-32)47-50-45(29-13-5-3-6-14-29)49-46(51-47)30-15-7-4-8-16-30/h3-28H,1-2H3. The first kappa shape index (κ1) is 29.8. The first-order chi connectivity index (χ1) is 26.0. The molecule has 0 unspecified atom stereocenters. The van der Waals surface area contributed by atoms with Crippen molar-refractivity contribution >= 4 is 43.7 Å². The summed E-state index contributed by atoms with van der Waals surface area (Å²) in [4.78, 5) is 14.9. The Bertz CT molecular complexity index is 3010. The molecule has 0 saturated heterocycles. The minimum absolute atomic E-state index is 0.297. The minimum Gasteiger partial charge on any atom is -0.456 e. The molecule has 0 fully saturated rings. The van der Waals surface area contributed by atoms with Gasteiger partial charge in [-0.05, 0) is 64.7 Å². The lowest BCUT2D eigenvalue weighted by Gasteiger charge is -2.24. The number of rotatable bonds is 4. The van der Waals surface area contributed by atoms with Crippen LogP contribution in [-0.4, -0.2) is 19.5 Å². The average molecular weight is 681 g/mol. The van der Waals surface area contributed by atoms with Gasteiger partial charge in [0.1, 0.15) is 11.2 Å². The van der Waals surface area contributed by atoms with Crippen LogP contribution in [0.3, 0.4) is 0 Å². The van der Waals surface area contributed by atoms with Crippen molar-refractivity contribution in [3.63, 3.8) is 0 Å². The molecule has 0 saturated carbocycles. The third kappa shape index (κ3) is 4.34. The van der Waals surface area contributed by atoms with Gasteiger partial charge in [0.05, 0.1) is 11.0 Å². The Morgan fingerprint density at radius 3 is 1.68 bits per heavy atom. The van der Waals surface area contributed by atoms with Gasteiger partial charge in [-0.3, -0.25) is 0 Å². The van der Waals surface area contributed by atoms with Crippen LogP contribution in [0.15, 0.2) is 162 Å². The van der Waals surface area contributed by atoms with Crippen molar-refractivity contribution in [3.05, 3.63) is 169 Å². The number of nitrogens with zero attached hydrogens (tertiary/aromatic N) is 4. The van der Waals surface area contributed by atoms with Crippen LogP contribution < -0.4 is 0 Å². The first-order valence-electron chi connectivity index (χ1n) is 18.0. The molecule has 0 atom stereocenters. The summed E-state index contributed by atoms with van der Waals surface area (Å²) in [5, 5.41) is 4.85. The zero-order chi connectivity index (χ0) is 35.3. The van der Waals surface area contributed by atoms with Crippen LogP contribution in [0.4, 0.5) is 0 Å². The summed E-state index contributed by atoms with van der Waals surface area (Å²) in [5.74, 6) is 1.94. The van der Waals surface area contributed by atoms with Crippen molar-refractivity contribution in [2.45, 2.75) is 19.3 Å². The Hall–Kier alpha value is -6.85. The van der Waals surface area contributed by atoms with E-state index in [1.807, 2.05) is 66.7 Å². The van der Waals surface area contributed by atoms with Crippen molar-refractivity contribution in [1.82, 2.24) is 19.5 Å². The van der Waals surface area contributed by atoms with Gasteiger partial charge in [0, 0.05) is 49.3 Å². The summed E-state index contributed by atoms with van der Waals surface area (Å²) >= 11 is 0. The van der Waals surface area contributed by atoms with Crippen molar-refractivity contribution < 1.29 is 4.42 Å². The van der Waals surface area contributed by atoms with Crippen LogP contribution in [0.5, 0.6) is 0 Å². The lowest BCUT2D eigenvalue weighted by atomic mass is 9.79. The molecule has 10 aromatic rings. The Morgan fingerprint density at radius 2 is 1.00 bits per heavy atom. The second-order valence-corrected chi connectivity index (χ2v) is 14.4. The number of para-hydroxylation sites is 2. The summed E-state index contributed by atoms with van der Waals surface area (Å²) in [7, 11) is 0. The van der Waals surface area contributed by atoms with E-state index < -0.39 is 0 Å². The van der Waals surface area contributed by atoms with Crippen LogP contribution in [0.1, 0.15) is 25.0 Å². The molecule has 11 rings (SSSR count). The molecule has 0 spiro atoms. The van der Waals surface area contributed by atoms with E-state index in [9.17, 15) is 0 Å². The second kappa shape index (κ2) is 11.1. The highest BCUT2D eigenvalue weighted by atomic mass is 16.3. The van der Waals surface area contributed by atoms with Gasteiger partial charge in [0.15, 0.2) is 17.5 Å². The zero-order valence-electron chi connectivity index (χ0n) is 29.2. The number of fused-ring (bicyclic) bond motifs is 11. The van der Waals surface area contributed by atoms with Gasteiger partial charge in [-0.2, -0.15) is 0 Å². The van der Waals surface area contributed by atoms with E-state index in [1.165, 1.54) is 49.4 Å². The summed E-state index contributed by atoms with van der Waals surface area (Å²) in [6, 6.07) is 55.1. The summed E-state index contributed by atoms with van der Waals surface area (Å²) in [6.07, 6.45) is 0. The molecule has 0 bridgehead atoms. The molecule has 0 N–H and O–H groups in total. The fourth-order valence-electron chi connectivity index (χ4n) is 8.70. The number of hydrogen-bond acceptors (Lipinski definition) is 4. The maximum absolute atomic E-state index is 6.39. The highest BCUT2D eigenvalue weighted by molar-refractivity contribution is 6.16. The molecule has 1 aliphatic rings. The maximum atomic E-state index is 6.39. The van der Waals surface area contributed by atoms with E-state index in [1.54, 1.807) is 0 Å². The predicted octanol–water partition coefficient (Wildman–Crippen LogP) is 12.2. The van der Waals surface area contributed by atoms with Crippen LogP contribution in [-0.2, 0) is 5.41 Å². The van der Waals surface area contributed by atoms with Gasteiger partial charge < -0.3 is 8.98 Å². The van der Waals surface area contributed by atoms with Gasteiger partial charge >= 0.3 is 0 Å². The number of hydrogen-bond donors (Lipinski definition) is 0. The number of benzene rings is 7. The fraction of sp³-hybridized carbons (Fsp3) is 0.0625. The van der Waals surface area contributed by atoms with Crippen molar-refractivity contribution in [1.29, 1.82) is 0 Å². The van der Waals surface area contributed by atoms with Crippen LogP contribution in [0.25, 0.3) is 94.7 Å². The predicted molar refractivity (Wildman–Crippen MR) is 215 cm³/mol. The van der Waals surface area contributed by atoms with Gasteiger partial charge in [-0.25, -0.2) is 15.0 Å². The summed E-state index contributed by atoms with van der Waals surface area (Å²) < 4.78 is 8.84. The summed E-state index contributed by atoms with van der Waals surface area (Å²) in [5.41, 5.74) is 13.1. The van der Waals surface area contributed by atoms with E-state index >= 15 is 0 Å². The molecule has 1 aliphatic carbocycles. The van der Waals surface area contributed by atoms with Gasteiger partial charge in [-0.15, -0.1) is 0 Å². The van der Waals surface area contributed by atoms with Crippen molar-refractivity contribution in [3.8, 4) is 51.0 Å². The Balaban J connectivity index is 1.11. The molecule has 0 aliphatic heterocycles. The van der Waals surface area contributed by atoms with E-state index in [0.29, 0.717) is 17.5 Å². The van der Waals surface area contributed by atoms with Gasteiger partial charge in [0.25, 0.3) is 0 Å². The topological polar surface area (TPSA) is 56.7 Å². The van der Waals surface area contributed by atoms with Crippen LogP contribution in [0.2, 0.25) is 0 Å². The third-order valence-electron chi connectivity index (χ3n) is 11.0. The third-order valence-corrected chi connectivity index (χ3v) is 11.0. The molecular weight excluding hydrogens is 649 g/mol. The molecule has 0 radical (unpaired) electrons. The van der Waals surface area contributed by atoms with Crippen molar-refractivity contribution in [2.75, 3.05) is 0 Å². The maximum Gasteiger partial charge on any atom is 0.164 e. The molecule has 53 heavy (non-hydrogen) atoms. The molecule has 3 aromatic heterocycles. The van der Waals surface area contributed by atoms with Crippen LogP contribution >= 0.6 is 0 Å². The quantitative estimate of drug-likeness (QED) is 0.186. The first-order valence-corrected chi connectivity index (χ1v) is 18.0. The lowest BCUT2D eigenvalue weighted by molar-refractivity contribution is 0.658.